The van der Waals surface area contributed by atoms with Gasteiger partial charge in [-0.3, -0.25) is 5.43 Å². The summed E-state index contributed by atoms with van der Waals surface area (Å²) in [5, 5.41) is 14.9. The van der Waals surface area contributed by atoms with E-state index in [9.17, 15) is 4.79 Å². The van der Waals surface area contributed by atoms with Crippen molar-refractivity contribution in [3.8, 4) is 0 Å². The maximum absolute atomic E-state index is 12.2. The van der Waals surface area contributed by atoms with Crippen LogP contribution in [0.15, 0.2) is 90.0 Å². The number of hydrazone groups is 1. The summed E-state index contributed by atoms with van der Waals surface area (Å²) in [6.07, 6.45) is 0.676. The summed E-state index contributed by atoms with van der Waals surface area (Å²) < 4.78 is 4.88. The fourth-order valence-electron chi connectivity index (χ4n) is 3.19. The number of ether oxygens (including phenoxy) is 1. The second kappa shape index (κ2) is 8.96. The zero-order valence-electron chi connectivity index (χ0n) is 16.4. The van der Waals surface area contributed by atoms with Crippen LogP contribution in [0.2, 0.25) is 0 Å². The summed E-state index contributed by atoms with van der Waals surface area (Å²) >= 11 is 0. The van der Waals surface area contributed by atoms with Crippen molar-refractivity contribution in [2.75, 3.05) is 12.5 Å². The average molecular weight is 396 g/mol. The molecule has 0 amide bonds. The van der Waals surface area contributed by atoms with E-state index in [1.807, 2.05) is 60.7 Å². The zero-order chi connectivity index (χ0) is 20.8. The number of esters is 1. The molecule has 148 valence electrons. The lowest BCUT2D eigenvalue weighted by Crippen LogP contribution is -2.19. The third-order valence-electron chi connectivity index (χ3n) is 4.68. The van der Waals surface area contributed by atoms with Gasteiger partial charge in [0.1, 0.15) is 0 Å². The van der Waals surface area contributed by atoms with Crippen molar-refractivity contribution < 1.29 is 9.53 Å². The van der Waals surface area contributed by atoms with Crippen molar-refractivity contribution in [3.63, 3.8) is 0 Å². The monoisotopic (exact) mass is 396 g/mol. The minimum atomic E-state index is -0.535. The highest BCUT2D eigenvalue weighted by Crippen LogP contribution is 2.24. The van der Waals surface area contributed by atoms with Crippen molar-refractivity contribution in [3.05, 3.63) is 102 Å². The number of rotatable bonds is 6. The van der Waals surface area contributed by atoms with E-state index >= 15 is 0 Å². The average Bonchev–Trinajstić information content (AvgIpc) is 2.81. The first-order valence-electron chi connectivity index (χ1n) is 9.52. The normalized spacial score (nSPS) is 11.3. The minimum Gasteiger partial charge on any atom is -0.464 e. The van der Waals surface area contributed by atoms with Crippen LogP contribution in [0.3, 0.4) is 0 Å². The molecule has 30 heavy (non-hydrogen) atoms. The van der Waals surface area contributed by atoms with Crippen LogP contribution >= 0.6 is 0 Å². The molecule has 1 N–H and O–H groups in total. The van der Waals surface area contributed by atoms with E-state index in [0.717, 1.165) is 22.0 Å². The Morgan fingerprint density at radius 1 is 0.867 bits per heavy atom. The first kappa shape index (κ1) is 19.3. The van der Waals surface area contributed by atoms with E-state index in [4.69, 9.17) is 4.74 Å². The van der Waals surface area contributed by atoms with Gasteiger partial charge in [0.15, 0.2) is 11.5 Å². The number of carbonyl (C=O) groups excluding carboxylic acids is 1. The highest BCUT2D eigenvalue weighted by atomic mass is 16.5. The number of hydrogen-bond donors (Lipinski definition) is 1. The van der Waals surface area contributed by atoms with Crippen LogP contribution < -0.4 is 5.43 Å². The molecule has 0 aliphatic heterocycles. The summed E-state index contributed by atoms with van der Waals surface area (Å²) in [6, 6.07) is 27.1. The van der Waals surface area contributed by atoms with Crippen molar-refractivity contribution in [1.29, 1.82) is 0 Å². The first-order valence-corrected chi connectivity index (χ1v) is 9.52. The lowest BCUT2D eigenvalue weighted by atomic mass is 10.0. The number of nitrogens with one attached hydrogen (secondary N) is 1. The van der Waals surface area contributed by atoms with Gasteiger partial charge in [-0.25, -0.2) is 4.79 Å². The number of anilines is 1. The lowest BCUT2D eigenvalue weighted by molar-refractivity contribution is -0.132. The molecular weight excluding hydrogens is 376 g/mol. The van der Waals surface area contributed by atoms with Gasteiger partial charge in [-0.1, -0.05) is 84.9 Å². The van der Waals surface area contributed by atoms with Crippen molar-refractivity contribution in [2.45, 2.75) is 6.42 Å². The second-order valence-electron chi connectivity index (χ2n) is 6.63. The van der Waals surface area contributed by atoms with E-state index in [0.29, 0.717) is 17.8 Å². The molecular formula is C24H20N4O2. The molecule has 0 spiro atoms. The van der Waals surface area contributed by atoms with Gasteiger partial charge in [-0.15, -0.1) is 5.10 Å². The van der Waals surface area contributed by atoms with E-state index < -0.39 is 5.97 Å². The summed E-state index contributed by atoms with van der Waals surface area (Å²) in [4.78, 5) is 12.2. The highest BCUT2D eigenvalue weighted by molar-refractivity contribution is 6.43. The van der Waals surface area contributed by atoms with E-state index in [1.165, 1.54) is 7.11 Å². The maximum Gasteiger partial charge on any atom is 0.359 e. The molecule has 0 saturated heterocycles. The van der Waals surface area contributed by atoms with Crippen LogP contribution in [0.1, 0.15) is 16.8 Å². The molecule has 0 atom stereocenters. The number of fused-ring (bicyclic) bond motifs is 1. The number of hydrogen-bond acceptors (Lipinski definition) is 6. The fourth-order valence-corrected chi connectivity index (χ4v) is 3.19. The molecule has 0 unspecified atom stereocenters. The Kier molecular flexibility index (Phi) is 5.75. The Bertz CT molecular complexity index is 1190. The van der Waals surface area contributed by atoms with Gasteiger partial charge in [-0.05, 0) is 5.56 Å². The topological polar surface area (TPSA) is 76.5 Å². The minimum absolute atomic E-state index is 0.164. The zero-order valence-corrected chi connectivity index (χ0v) is 16.4. The number of carbonyl (C=O) groups is 1. The van der Waals surface area contributed by atoms with Crippen molar-refractivity contribution in [1.82, 2.24) is 10.2 Å². The molecule has 3 aromatic carbocycles. The van der Waals surface area contributed by atoms with Gasteiger partial charge in [0.2, 0.25) is 0 Å². The van der Waals surface area contributed by atoms with Gasteiger partial charge in [0.25, 0.3) is 0 Å². The molecule has 0 bridgehead atoms. The number of benzene rings is 3. The Morgan fingerprint density at radius 2 is 1.50 bits per heavy atom. The van der Waals surface area contributed by atoms with Crippen LogP contribution in [0.5, 0.6) is 0 Å². The van der Waals surface area contributed by atoms with Gasteiger partial charge in [0.05, 0.1) is 12.8 Å². The van der Waals surface area contributed by atoms with Crippen LogP contribution in [0.25, 0.3) is 10.8 Å². The molecule has 0 aliphatic carbocycles. The molecule has 4 aromatic rings. The van der Waals surface area contributed by atoms with Crippen molar-refractivity contribution >= 4 is 28.3 Å². The van der Waals surface area contributed by atoms with E-state index in [-0.39, 0.29) is 5.71 Å². The molecule has 1 heterocycles. The molecule has 0 saturated carbocycles. The fraction of sp³-hybridized carbons (Fsp3) is 0.0833. The third-order valence-corrected chi connectivity index (χ3v) is 4.68. The molecule has 6 nitrogen and oxygen atoms in total. The predicted octanol–water partition coefficient (Wildman–Crippen LogP) is 4.21. The highest BCUT2D eigenvalue weighted by Gasteiger charge is 2.15. The van der Waals surface area contributed by atoms with E-state index in [2.05, 4.69) is 32.9 Å². The molecule has 6 heteroatoms. The van der Waals surface area contributed by atoms with E-state index in [1.54, 1.807) is 12.1 Å². The summed E-state index contributed by atoms with van der Waals surface area (Å²) in [6.45, 7) is 0. The standard InChI is InChI=1S/C24H20N4O2/c1-30-24(29)22(18-12-6-3-7-13-18)26-28-23-20-15-9-8-14-19(20)21(25-27-23)16-17-10-4-2-5-11-17/h2-15H,16H2,1H3,(H,27,28)/b26-22-. The van der Waals surface area contributed by atoms with Gasteiger partial charge in [0, 0.05) is 22.8 Å². The Hall–Kier alpha value is -4.06. The quantitative estimate of drug-likeness (QED) is 0.300. The maximum atomic E-state index is 12.2. The van der Waals surface area contributed by atoms with Gasteiger partial charge in [-0.2, -0.15) is 10.2 Å². The predicted molar refractivity (Wildman–Crippen MR) is 117 cm³/mol. The summed E-state index contributed by atoms with van der Waals surface area (Å²) in [5.74, 6) is -0.0635. The molecule has 4 rings (SSSR count). The van der Waals surface area contributed by atoms with Crippen LogP contribution in [0.4, 0.5) is 5.82 Å². The second-order valence-corrected chi connectivity index (χ2v) is 6.63. The largest absolute Gasteiger partial charge is 0.464 e. The van der Waals surface area contributed by atoms with Crippen LogP contribution in [-0.4, -0.2) is 29.0 Å². The Balaban J connectivity index is 1.70. The number of methoxy groups -OCH3 is 1. The number of nitrogens with zero attached hydrogens (tertiary/aromatic N) is 3. The summed E-state index contributed by atoms with van der Waals surface area (Å²) in [7, 11) is 1.33. The van der Waals surface area contributed by atoms with Gasteiger partial charge >= 0.3 is 5.97 Å². The first-order chi connectivity index (χ1) is 14.8. The van der Waals surface area contributed by atoms with Crippen LogP contribution in [0, 0.1) is 0 Å². The smallest absolute Gasteiger partial charge is 0.359 e. The SMILES string of the molecule is COC(=O)/C(=N\Nc1nnc(Cc2ccccc2)c2ccccc12)c1ccccc1. The molecule has 1 aromatic heterocycles. The van der Waals surface area contributed by atoms with Crippen LogP contribution in [-0.2, 0) is 16.0 Å². The lowest BCUT2D eigenvalue weighted by Gasteiger charge is -2.10. The van der Waals surface area contributed by atoms with Crippen molar-refractivity contribution in [2.24, 2.45) is 5.10 Å². The molecule has 0 fully saturated rings. The number of aromatic nitrogens is 2. The Morgan fingerprint density at radius 3 is 2.20 bits per heavy atom. The van der Waals surface area contributed by atoms with Gasteiger partial charge < -0.3 is 4.74 Å². The molecule has 0 aliphatic rings. The third kappa shape index (κ3) is 4.17. The Labute approximate surface area is 174 Å². The summed E-state index contributed by atoms with van der Waals surface area (Å²) in [5.41, 5.74) is 5.76. The molecule has 0 radical (unpaired) electrons.